The Morgan fingerprint density at radius 1 is 1.07 bits per heavy atom. The van der Waals surface area contributed by atoms with Crippen LogP contribution in [0.25, 0.3) is 22.2 Å². The van der Waals surface area contributed by atoms with Crippen molar-refractivity contribution in [3.63, 3.8) is 0 Å². The Morgan fingerprint density at radius 3 is 2.44 bits per heavy atom. The van der Waals surface area contributed by atoms with Crippen LogP contribution in [0, 0.1) is 5.92 Å². The summed E-state index contributed by atoms with van der Waals surface area (Å²) in [6.45, 7) is 7.40. The van der Waals surface area contributed by atoms with Crippen molar-refractivity contribution < 1.29 is 33.3 Å². The third-order valence-electron chi connectivity index (χ3n) is 8.03. The Kier molecular flexibility index (Phi) is 8.23. The number of hydrogen-bond acceptors (Lipinski definition) is 8. The molecule has 1 N–H and O–H groups in total. The molecule has 0 spiro atoms. The Bertz CT molecular complexity index is 1520. The second-order valence-electron chi connectivity index (χ2n) is 12.1. The second-order valence-corrected chi connectivity index (χ2v) is 12.1. The monoisotopic (exact) mass is 589 g/mol. The molecule has 5 rings (SSSR count). The molecule has 0 bridgehead atoms. The summed E-state index contributed by atoms with van der Waals surface area (Å²) < 4.78 is 22.7. The third kappa shape index (κ3) is 6.23. The average molecular weight is 590 g/mol. The molecule has 228 valence electrons. The zero-order chi connectivity index (χ0) is 30.9. The predicted molar refractivity (Wildman–Crippen MR) is 161 cm³/mol. The number of esters is 1. The number of benzene rings is 2. The highest BCUT2D eigenvalue weighted by molar-refractivity contribution is 5.94. The van der Waals surface area contributed by atoms with Gasteiger partial charge in [-0.1, -0.05) is 43.7 Å². The van der Waals surface area contributed by atoms with E-state index in [0.717, 1.165) is 10.9 Å². The van der Waals surface area contributed by atoms with E-state index < -0.39 is 41.3 Å². The first-order valence-corrected chi connectivity index (χ1v) is 14.6. The quantitative estimate of drug-likeness (QED) is 0.360. The van der Waals surface area contributed by atoms with Crippen LogP contribution in [0.1, 0.15) is 47.0 Å². The number of aromatic nitrogens is 1. The van der Waals surface area contributed by atoms with Gasteiger partial charge in [0.1, 0.15) is 34.8 Å². The first kappa shape index (κ1) is 30.1. The molecule has 4 unspecified atom stereocenters. The molecule has 2 aromatic carbocycles. The van der Waals surface area contributed by atoms with Gasteiger partial charge in [-0.05, 0) is 45.2 Å². The van der Waals surface area contributed by atoms with Gasteiger partial charge in [0.2, 0.25) is 5.91 Å². The molecule has 2 amide bonds. The van der Waals surface area contributed by atoms with E-state index in [9.17, 15) is 14.4 Å². The van der Waals surface area contributed by atoms with Gasteiger partial charge in [0, 0.05) is 29.5 Å². The van der Waals surface area contributed by atoms with Crippen molar-refractivity contribution in [3.05, 3.63) is 54.6 Å². The highest BCUT2D eigenvalue weighted by atomic mass is 16.6. The van der Waals surface area contributed by atoms with Crippen LogP contribution in [0.15, 0.2) is 54.6 Å². The third-order valence-corrected chi connectivity index (χ3v) is 8.03. The molecular weight excluding hydrogens is 550 g/mol. The average Bonchev–Trinajstić information content (AvgIpc) is 3.54. The lowest BCUT2D eigenvalue weighted by Gasteiger charge is -2.28. The van der Waals surface area contributed by atoms with Crippen molar-refractivity contribution in [1.82, 2.24) is 15.2 Å². The molecule has 1 saturated heterocycles. The largest absolute Gasteiger partial charge is 0.497 e. The molecule has 3 aromatic rings. The zero-order valence-corrected chi connectivity index (χ0v) is 25.5. The van der Waals surface area contributed by atoms with Crippen molar-refractivity contribution >= 4 is 28.9 Å². The Labute approximate surface area is 251 Å². The maximum atomic E-state index is 13.7. The van der Waals surface area contributed by atoms with Crippen LogP contribution in [-0.2, 0) is 19.1 Å². The summed E-state index contributed by atoms with van der Waals surface area (Å²) in [5.74, 6) is 0.293. The number of methoxy groups -OCH3 is 2. The normalized spacial score (nSPS) is 23.0. The van der Waals surface area contributed by atoms with E-state index in [4.69, 9.17) is 23.9 Å². The van der Waals surface area contributed by atoms with Gasteiger partial charge in [-0.25, -0.2) is 14.6 Å². The van der Waals surface area contributed by atoms with Crippen LogP contribution in [0.3, 0.4) is 0 Å². The van der Waals surface area contributed by atoms with Crippen molar-refractivity contribution in [2.45, 2.75) is 70.2 Å². The van der Waals surface area contributed by atoms with Crippen LogP contribution in [0.4, 0.5) is 4.79 Å². The highest BCUT2D eigenvalue weighted by Gasteiger charge is 2.62. The summed E-state index contributed by atoms with van der Waals surface area (Å²) in [6.07, 6.45) is 0.263. The van der Waals surface area contributed by atoms with Gasteiger partial charge >= 0.3 is 12.1 Å². The number of pyridine rings is 1. The second kappa shape index (κ2) is 11.7. The van der Waals surface area contributed by atoms with Crippen LogP contribution < -0.4 is 14.8 Å². The molecule has 43 heavy (non-hydrogen) atoms. The minimum absolute atomic E-state index is 0.0242. The molecule has 1 aliphatic heterocycles. The van der Waals surface area contributed by atoms with Crippen LogP contribution in [-0.4, -0.2) is 71.9 Å². The fourth-order valence-electron chi connectivity index (χ4n) is 5.75. The van der Waals surface area contributed by atoms with Crippen LogP contribution in [0.5, 0.6) is 11.5 Å². The van der Waals surface area contributed by atoms with Crippen LogP contribution >= 0.6 is 0 Å². The van der Waals surface area contributed by atoms with Gasteiger partial charge in [-0.3, -0.25) is 9.69 Å². The molecule has 10 heteroatoms. The Morgan fingerprint density at radius 2 is 1.81 bits per heavy atom. The van der Waals surface area contributed by atoms with Gasteiger partial charge in [-0.2, -0.15) is 0 Å². The molecular formula is C33H39N3O7. The van der Waals surface area contributed by atoms with Crippen molar-refractivity contribution in [1.29, 1.82) is 0 Å². The van der Waals surface area contributed by atoms with E-state index in [2.05, 4.69) is 5.32 Å². The van der Waals surface area contributed by atoms with Gasteiger partial charge in [0.25, 0.3) is 0 Å². The van der Waals surface area contributed by atoms with Crippen molar-refractivity contribution in [2.24, 2.45) is 5.92 Å². The number of ether oxygens (including phenoxy) is 4. The van der Waals surface area contributed by atoms with E-state index in [0.29, 0.717) is 35.6 Å². The van der Waals surface area contributed by atoms with E-state index in [-0.39, 0.29) is 18.9 Å². The molecule has 0 radical (unpaired) electrons. The van der Waals surface area contributed by atoms with E-state index in [1.807, 2.05) is 61.5 Å². The summed E-state index contributed by atoms with van der Waals surface area (Å²) in [4.78, 5) is 46.0. The molecule has 2 fully saturated rings. The minimum Gasteiger partial charge on any atom is -0.497 e. The number of carbonyl (C=O) groups excluding carboxylic acids is 3. The number of carbonyl (C=O) groups is 3. The highest BCUT2D eigenvalue weighted by Crippen LogP contribution is 2.47. The number of fused-ring (bicyclic) bond motifs is 1. The predicted octanol–water partition coefficient (Wildman–Crippen LogP) is 5.13. The van der Waals surface area contributed by atoms with Gasteiger partial charge in [0.15, 0.2) is 0 Å². The Balaban J connectivity index is 1.46. The molecule has 4 atom stereocenters. The minimum atomic E-state index is -1.08. The molecule has 1 aromatic heterocycles. The van der Waals surface area contributed by atoms with E-state index in [1.54, 1.807) is 27.9 Å². The summed E-state index contributed by atoms with van der Waals surface area (Å²) in [7, 11) is 2.91. The maximum absolute atomic E-state index is 13.7. The summed E-state index contributed by atoms with van der Waals surface area (Å²) in [5.41, 5.74) is 0.473. The first-order valence-electron chi connectivity index (χ1n) is 14.6. The lowest BCUT2D eigenvalue weighted by atomic mass is 10.1. The number of amides is 2. The molecule has 2 aliphatic rings. The summed E-state index contributed by atoms with van der Waals surface area (Å²) >= 11 is 0. The van der Waals surface area contributed by atoms with Gasteiger partial charge < -0.3 is 24.3 Å². The van der Waals surface area contributed by atoms with E-state index >= 15 is 0 Å². The number of likely N-dealkylation sites (tertiary alicyclic amines) is 1. The molecule has 2 heterocycles. The smallest absolute Gasteiger partial charge is 0.411 e. The Hall–Kier alpha value is -4.34. The standard InChI is InChI=1S/C33H39N3O7/c1-7-21-18-33(21,30(38)41-6)35-29(37)27-16-23(19-36(27)31(39)43-32(2,3)4)42-28-17-25(20-11-9-8-10-12-20)34-26-15-22(40-5)13-14-24(26)28/h8-15,17,21,23,27H,7,16,18-19H2,1-6H3,(H,35,37). The number of nitrogens with one attached hydrogen (secondary N) is 1. The zero-order valence-electron chi connectivity index (χ0n) is 25.5. The number of nitrogens with zero attached hydrogens (tertiary/aromatic N) is 2. The lowest BCUT2D eigenvalue weighted by Crippen LogP contribution is -2.53. The first-order chi connectivity index (χ1) is 20.5. The fourth-order valence-corrected chi connectivity index (χ4v) is 5.75. The number of rotatable bonds is 8. The number of hydrogen-bond donors (Lipinski definition) is 1. The summed E-state index contributed by atoms with van der Waals surface area (Å²) in [6, 6.07) is 16.3. The fraction of sp³-hybridized carbons (Fsp3) is 0.455. The molecule has 10 nitrogen and oxygen atoms in total. The van der Waals surface area contributed by atoms with E-state index in [1.165, 1.54) is 12.0 Å². The summed E-state index contributed by atoms with van der Waals surface area (Å²) in [5, 5.41) is 3.69. The van der Waals surface area contributed by atoms with Crippen molar-refractivity contribution in [2.75, 3.05) is 20.8 Å². The lowest BCUT2D eigenvalue weighted by molar-refractivity contribution is -0.147. The maximum Gasteiger partial charge on any atom is 0.411 e. The molecule has 1 aliphatic carbocycles. The topological polar surface area (TPSA) is 116 Å². The van der Waals surface area contributed by atoms with Gasteiger partial charge in [0.05, 0.1) is 32.0 Å². The van der Waals surface area contributed by atoms with Gasteiger partial charge in [-0.15, -0.1) is 0 Å². The molecule has 1 saturated carbocycles. The van der Waals surface area contributed by atoms with Crippen LogP contribution in [0.2, 0.25) is 0 Å². The SMILES string of the molecule is CCC1CC1(NC(=O)C1CC(Oc2cc(-c3ccccc3)nc3cc(OC)ccc23)CN1C(=O)OC(C)(C)C)C(=O)OC. The van der Waals surface area contributed by atoms with Crippen molar-refractivity contribution in [3.8, 4) is 22.8 Å².